The van der Waals surface area contributed by atoms with Gasteiger partial charge in [0.2, 0.25) is 0 Å². The van der Waals surface area contributed by atoms with Crippen LogP contribution in [-0.4, -0.2) is 37.2 Å². The first kappa shape index (κ1) is 24.5. The van der Waals surface area contributed by atoms with E-state index in [0.29, 0.717) is 16.1 Å². The van der Waals surface area contributed by atoms with Crippen molar-refractivity contribution >= 4 is 33.3 Å². The fourth-order valence-electron chi connectivity index (χ4n) is 3.04. The molecule has 0 aliphatic carbocycles. The number of aryl methyl sites for hydroxylation is 1. The second-order valence-electron chi connectivity index (χ2n) is 7.37. The number of anilines is 1. The maximum atomic E-state index is 14.1. The molecule has 0 fully saturated rings. The van der Waals surface area contributed by atoms with Crippen molar-refractivity contribution in [3.05, 3.63) is 82.6 Å². The highest BCUT2D eigenvalue weighted by molar-refractivity contribution is 7.92. The summed E-state index contributed by atoms with van der Waals surface area (Å²) >= 11 is 6.27. The molecule has 2 aromatic carbocycles. The van der Waals surface area contributed by atoms with Crippen LogP contribution in [0.2, 0.25) is 5.02 Å². The quantitative estimate of drug-likeness (QED) is 0.457. The summed E-state index contributed by atoms with van der Waals surface area (Å²) < 4.78 is 47.7. The summed E-state index contributed by atoms with van der Waals surface area (Å²) in [6, 6.07) is 11.9. The molecule has 0 saturated carbocycles. The van der Waals surface area contributed by atoms with Crippen LogP contribution in [0.25, 0.3) is 0 Å². The van der Waals surface area contributed by atoms with Crippen LogP contribution in [0.3, 0.4) is 0 Å². The highest BCUT2D eigenvalue weighted by Gasteiger charge is 2.30. The Morgan fingerprint density at radius 2 is 1.94 bits per heavy atom. The zero-order chi connectivity index (χ0) is 24.2. The van der Waals surface area contributed by atoms with E-state index in [0.717, 1.165) is 4.31 Å². The summed E-state index contributed by atoms with van der Waals surface area (Å²) in [5.41, 5.74) is 1.50. The Kier molecular flexibility index (Phi) is 7.55. The van der Waals surface area contributed by atoms with Gasteiger partial charge in [0.25, 0.3) is 10.0 Å². The number of sulfonamides is 1. The molecule has 0 radical (unpaired) electrons. The average Bonchev–Trinajstić information content (AvgIpc) is 2.78. The number of carbonyl (C=O) groups is 1. The second-order valence-corrected chi connectivity index (χ2v) is 9.64. The van der Waals surface area contributed by atoms with Gasteiger partial charge in [-0.15, -0.1) is 0 Å². The third-order valence-corrected chi connectivity index (χ3v) is 6.91. The zero-order valence-electron chi connectivity index (χ0n) is 17.9. The van der Waals surface area contributed by atoms with E-state index in [2.05, 4.69) is 4.98 Å². The number of rotatable bonds is 9. The number of carboxylic acids is 1. The van der Waals surface area contributed by atoms with Crippen LogP contribution in [0.1, 0.15) is 28.4 Å². The monoisotopic (exact) mass is 492 g/mol. The molecule has 1 atom stereocenters. The predicted octanol–water partition coefficient (Wildman–Crippen LogP) is 4.87. The van der Waals surface area contributed by atoms with Gasteiger partial charge >= 0.3 is 5.97 Å². The van der Waals surface area contributed by atoms with E-state index in [1.807, 2.05) is 0 Å². The smallest absolute Gasteiger partial charge is 0.335 e. The Hall–Kier alpha value is -3.17. The van der Waals surface area contributed by atoms with Crippen LogP contribution in [0.15, 0.2) is 65.8 Å². The lowest BCUT2D eigenvalue weighted by Gasteiger charge is -2.27. The van der Waals surface area contributed by atoms with Gasteiger partial charge in [-0.05, 0) is 55.3 Å². The standard InChI is InChI=1S/C23H22ClFN2O5S/c1-15-10-21(27(13-16(2)25)33(30,31)19-4-3-9-26-12-19)22(11-20(15)24)32-14-17-5-7-18(8-6-17)23(28)29/h3-12,16H,13-14H2,1-2H3,(H,28,29). The second kappa shape index (κ2) is 10.2. The lowest BCUT2D eigenvalue weighted by atomic mass is 10.1. The van der Waals surface area contributed by atoms with Crippen molar-refractivity contribution in [3.63, 3.8) is 0 Å². The van der Waals surface area contributed by atoms with Gasteiger partial charge in [0, 0.05) is 23.5 Å². The van der Waals surface area contributed by atoms with E-state index in [-0.39, 0.29) is 28.5 Å². The maximum absolute atomic E-state index is 14.1. The molecule has 3 aromatic rings. The van der Waals surface area contributed by atoms with Crippen LogP contribution < -0.4 is 9.04 Å². The highest BCUT2D eigenvalue weighted by atomic mass is 35.5. The largest absolute Gasteiger partial charge is 0.487 e. The van der Waals surface area contributed by atoms with Crippen molar-refractivity contribution in [2.75, 3.05) is 10.8 Å². The van der Waals surface area contributed by atoms with Crippen molar-refractivity contribution in [1.82, 2.24) is 4.98 Å². The summed E-state index contributed by atoms with van der Waals surface area (Å²) in [6.07, 6.45) is 1.17. The Bertz CT molecular complexity index is 1240. The summed E-state index contributed by atoms with van der Waals surface area (Å²) in [5.74, 6) is -0.910. The van der Waals surface area contributed by atoms with E-state index >= 15 is 0 Å². The molecule has 33 heavy (non-hydrogen) atoms. The van der Waals surface area contributed by atoms with Crippen LogP contribution >= 0.6 is 11.6 Å². The number of aromatic nitrogens is 1. The van der Waals surface area contributed by atoms with Crippen molar-refractivity contribution in [3.8, 4) is 5.75 Å². The fourth-order valence-corrected chi connectivity index (χ4v) is 4.70. The molecule has 0 saturated heterocycles. The molecule has 0 bridgehead atoms. The fraction of sp³-hybridized carbons (Fsp3) is 0.217. The molecule has 1 unspecified atom stereocenters. The molecule has 0 spiro atoms. The first-order valence-corrected chi connectivity index (χ1v) is 11.7. The molecule has 1 N–H and O–H groups in total. The molecule has 0 amide bonds. The van der Waals surface area contributed by atoms with Gasteiger partial charge in [0.1, 0.15) is 23.4 Å². The van der Waals surface area contributed by atoms with Gasteiger partial charge in [0.05, 0.1) is 17.8 Å². The molecule has 1 heterocycles. The molecule has 0 aliphatic heterocycles. The number of carboxylic acid groups (broad SMARTS) is 1. The molecule has 3 rings (SSSR count). The highest BCUT2D eigenvalue weighted by Crippen LogP contribution is 2.37. The number of hydrogen-bond donors (Lipinski definition) is 1. The van der Waals surface area contributed by atoms with Gasteiger partial charge in [-0.3, -0.25) is 9.29 Å². The number of halogens is 2. The minimum Gasteiger partial charge on any atom is -0.487 e. The summed E-state index contributed by atoms with van der Waals surface area (Å²) in [5, 5.41) is 9.39. The van der Waals surface area contributed by atoms with Crippen LogP contribution in [0.4, 0.5) is 10.1 Å². The van der Waals surface area contributed by atoms with Gasteiger partial charge in [-0.1, -0.05) is 23.7 Å². The summed E-state index contributed by atoms with van der Waals surface area (Å²) in [4.78, 5) is 14.8. The number of benzene rings is 2. The molecule has 10 heteroatoms. The van der Waals surface area contributed by atoms with Crippen LogP contribution in [0.5, 0.6) is 5.75 Å². The third-order valence-electron chi connectivity index (χ3n) is 4.74. The van der Waals surface area contributed by atoms with Crippen molar-refractivity contribution in [2.45, 2.75) is 31.5 Å². The normalized spacial score (nSPS) is 12.2. The Morgan fingerprint density at radius 1 is 1.24 bits per heavy atom. The number of pyridine rings is 1. The van der Waals surface area contributed by atoms with Crippen molar-refractivity contribution in [1.29, 1.82) is 0 Å². The van der Waals surface area contributed by atoms with Crippen molar-refractivity contribution in [2.24, 2.45) is 0 Å². The van der Waals surface area contributed by atoms with Crippen molar-refractivity contribution < 1.29 is 27.4 Å². The SMILES string of the molecule is Cc1cc(N(CC(C)F)S(=O)(=O)c2cccnc2)c(OCc2ccc(C(=O)O)cc2)cc1Cl. The van der Waals surface area contributed by atoms with E-state index in [4.69, 9.17) is 21.4 Å². The third kappa shape index (κ3) is 5.80. The van der Waals surface area contributed by atoms with Crippen LogP contribution in [-0.2, 0) is 16.6 Å². The van der Waals surface area contributed by atoms with Gasteiger partial charge < -0.3 is 9.84 Å². The number of hydrogen-bond acceptors (Lipinski definition) is 5. The van der Waals surface area contributed by atoms with Gasteiger partial charge in [0.15, 0.2) is 0 Å². The number of aromatic carboxylic acids is 1. The van der Waals surface area contributed by atoms with Gasteiger partial charge in [-0.2, -0.15) is 0 Å². The lowest BCUT2D eigenvalue weighted by molar-refractivity contribution is 0.0697. The predicted molar refractivity (Wildman–Crippen MR) is 123 cm³/mol. The number of alkyl halides is 1. The molecular formula is C23H22ClFN2O5S. The first-order valence-electron chi connectivity index (χ1n) is 9.91. The molecular weight excluding hydrogens is 471 g/mol. The van der Waals surface area contributed by atoms with E-state index in [1.165, 1.54) is 55.7 Å². The first-order chi connectivity index (χ1) is 15.6. The Labute approximate surface area is 196 Å². The van der Waals surface area contributed by atoms with E-state index in [1.54, 1.807) is 19.1 Å². The summed E-state index contributed by atoms with van der Waals surface area (Å²) in [6.45, 7) is 2.53. The minimum absolute atomic E-state index is 0.0122. The van der Waals surface area contributed by atoms with E-state index < -0.39 is 28.7 Å². The summed E-state index contributed by atoms with van der Waals surface area (Å²) in [7, 11) is -4.16. The van der Waals surface area contributed by atoms with E-state index in [9.17, 15) is 17.6 Å². The lowest BCUT2D eigenvalue weighted by Crippen LogP contribution is -2.36. The zero-order valence-corrected chi connectivity index (χ0v) is 19.5. The van der Waals surface area contributed by atoms with Gasteiger partial charge in [-0.25, -0.2) is 17.6 Å². The Balaban J connectivity index is 2.02. The maximum Gasteiger partial charge on any atom is 0.335 e. The minimum atomic E-state index is -4.16. The molecule has 0 aliphatic rings. The number of ether oxygens (including phenoxy) is 1. The average molecular weight is 493 g/mol. The molecule has 7 nitrogen and oxygen atoms in total. The topological polar surface area (TPSA) is 96.8 Å². The molecule has 1 aromatic heterocycles. The Morgan fingerprint density at radius 3 is 2.52 bits per heavy atom. The van der Waals surface area contributed by atoms with Crippen LogP contribution in [0, 0.1) is 6.92 Å². The molecule has 174 valence electrons. The number of nitrogens with zero attached hydrogens (tertiary/aromatic N) is 2.